The van der Waals surface area contributed by atoms with Crippen LogP contribution >= 0.6 is 0 Å². The van der Waals surface area contributed by atoms with E-state index in [1.165, 1.54) is 64.2 Å². The minimum absolute atomic E-state index is 0.690. The molecule has 2 unspecified atom stereocenters. The molecule has 0 amide bonds. The molecule has 1 aromatic rings. The van der Waals surface area contributed by atoms with Crippen molar-refractivity contribution in [2.24, 2.45) is 11.8 Å². The lowest BCUT2D eigenvalue weighted by molar-refractivity contribution is 0.190. The maximum absolute atomic E-state index is 8.81. The van der Waals surface area contributed by atoms with Crippen molar-refractivity contribution in [3.63, 3.8) is 0 Å². The summed E-state index contributed by atoms with van der Waals surface area (Å²) in [5.41, 5.74) is 0.690. The van der Waals surface area contributed by atoms with Crippen molar-refractivity contribution in [3.8, 4) is 11.8 Å². The number of rotatable bonds is 10. The second-order valence-electron chi connectivity index (χ2n) is 7.28. The third kappa shape index (κ3) is 6.56. The molecule has 0 radical (unpaired) electrons. The summed E-state index contributed by atoms with van der Waals surface area (Å²) in [6.45, 7) is 3.09. The van der Waals surface area contributed by atoms with E-state index in [4.69, 9.17) is 10.00 Å². The van der Waals surface area contributed by atoms with Crippen LogP contribution in [0.1, 0.15) is 83.1 Å². The van der Waals surface area contributed by atoms with Crippen molar-refractivity contribution < 1.29 is 4.74 Å². The summed E-state index contributed by atoms with van der Waals surface area (Å²) in [4.78, 5) is 0. The van der Waals surface area contributed by atoms with Gasteiger partial charge in [-0.25, -0.2) is 0 Å². The molecule has 0 spiro atoms. The van der Waals surface area contributed by atoms with Gasteiger partial charge in [-0.2, -0.15) is 5.26 Å². The Morgan fingerprint density at radius 2 is 1.62 bits per heavy atom. The summed E-state index contributed by atoms with van der Waals surface area (Å²) >= 11 is 0. The maximum Gasteiger partial charge on any atom is 0.119 e. The minimum Gasteiger partial charge on any atom is -0.494 e. The summed E-state index contributed by atoms with van der Waals surface area (Å²) in [7, 11) is 0. The molecule has 2 rings (SSSR count). The lowest BCUT2D eigenvalue weighted by Gasteiger charge is -2.31. The molecule has 2 nitrogen and oxygen atoms in total. The Labute approximate surface area is 148 Å². The first-order chi connectivity index (χ1) is 11.8. The Kier molecular flexibility index (Phi) is 8.74. The van der Waals surface area contributed by atoms with Gasteiger partial charge in [0.2, 0.25) is 0 Å². The molecular weight excluding hydrogens is 294 g/mol. The van der Waals surface area contributed by atoms with E-state index in [1.807, 2.05) is 24.3 Å². The fourth-order valence-corrected chi connectivity index (χ4v) is 4.04. The van der Waals surface area contributed by atoms with E-state index in [1.54, 1.807) is 0 Å². The van der Waals surface area contributed by atoms with Gasteiger partial charge in [-0.05, 0) is 48.9 Å². The fraction of sp³-hybridized carbons (Fsp3) is 0.682. The lowest BCUT2D eigenvalue weighted by atomic mass is 9.74. The van der Waals surface area contributed by atoms with Crippen LogP contribution in [0.15, 0.2) is 24.3 Å². The Hall–Kier alpha value is -1.49. The molecule has 1 aromatic carbocycles. The van der Waals surface area contributed by atoms with Gasteiger partial charge in [-0.15, -0.1) is 0 Å². The van der Waals surface area contributed by atoms with Gasteiger partial charge in [0.15, 0.2) is 0 Å². The van der Waals surface area contributed by atoms with Gasteiger partial charge in [0.05, 0.1) is 18.2 Å². The fourth-order valence-electron chi connectivity index (χ4n) is 4.04. The summed E-state index contributed by atoms with van der Waals surface area (Å²) in [5.74, 6) is 2.77. The molecule has 0 bridgehead atoms. The first kappa shape index (κ1) is 18.8. The number of hydrogen-bond acceptors (Lipinski definition) is 2. The minimum atomic E-state index is 0.690. The highest BCUT2D eigenvalue weighted by Gasteiger charge is 2.24. The number of unbranched alkanes of at least 4 members (excludes halogenated alkanes) is 3. The van der Waals surface area contributed by atoms with Crippen molar-refractivity contribution >= 4 is 0 Å². The second kappa shape index (κ2) is 11.1. The van der Waals surface area contributed by atoms with Gasteiger partial charge in [0, 0.05) is 0 Å². The Morgan fingerprint density at radius 3 is 2.25 bits per heavy atom. The maximum atomic E-state index is 8.81. The number of hydrogen-bond donors (Lipinski definition) is 0. The van der Waals surface area contributed by atoms with Gasteiger partial charge in [-0.3, -0.25) is 0 Å². The van der Waals surface area contributed by atoms with Crippen LogP contribution < -0.4 is 4.74 Å². The van der Waals surface area contributed by atoms with Gasteiger partial charge in [-0.1, -0.05) is 64.7 Å². The summed E-state index contributed by atoms with van der Waals surface area (Å²) in [6.07, 6.45) is 15.2. The number of benzene rings is 1. The highest BCUT2D eigenvalue weighted by molar-refractivity contribution is 5.34. The van der Waals surface area contributed by atoms with Crippen LogP contribution in [-0.2, 0) is 0 Å². The third-order valence-corrected chi connectivity index (χ3v) is 5.47. The largest absolute Gasteiger partial charge is 0.494 e. The topological polar surface area (TPSA) is 33.0 Å². The normalized spacial score (nSPS) is 20.5. The van der Waals surface area contributed by atoms with Crippen molar-refractivity contribution in [1.29, 1.82) is 5.26 Å². The Balaban J connectivity index is 1.66. The molecule has 0 aromatic heterocycles. The van der Waals surface area contributed by atoms with Gasteiger partial charge < -0.3 is 4.74 Å². The SMILES string of the molecule is CCCCCCC1CCCCC1CCCOc1ccc(C#N)cc1. The summed E-state index contributed by atoms with van der Waals surface area (Å²) < 4.78 is 5.84. The zero-order valence-electron chi connectivity index (χ0n) is 15.3. The number of nitriles is 1. The van der Waals surface area contributed by atoms with E-state index in [2.05, 4.69) is 13.0 Å². The monoisotopic (exact) mass is 327 g/mol. The Morgan fingerprint density at radius 1 is 0.958 bits per heavy atom. The molecule has 2 atom stereocenters. The van der Waals surface area contributed by atoms with Crippen molar-refractivity contribution in [2.75, 3.05) is 6.61 Å². The van der Waals surface area contributed by atoms with Crippen molar-refractivity contribution in [3.05, 3.63) is 29.8 Å². The van der Waals surface area contributed by atoms with E-state index < -0.39 is 0 Å². The molecule has 24 heavy (non-hydrogen) atoms. The molecule has 132 valence electrons. The van der Waals surface area contributed by atoms with Crippen molar-refractivity contribution in [1.82, 2.24) is 0 Å². The quantitative estimate of drug-likeness (QED) is 0.460. The van der Waals surface area contributed by atoms with Crippen LogP contribution in [0.5, 0.6) is 5.75 Å². The van der Waals surface area contributed by atoms with Crippen LogP contribution in [0.3, 0.4) is 0 Å². The molecule has 1 aliphatic carbocycles. The standard InChI is InChI=1S/C22H33NO/c1-2-3-4-5-9-20-10-6-7-11-21(20)12-8-17-24-22-15-13-19(18-23)14-16-22/h13-16,20-21H,2-12,17H2,1H3. The second-order valence-corrected chi connectivity index (χ2v) is 7.28. The zero-order valence-corrected chi connectivity index (χ0v) is 15.3. The molecule has 1 aliphatic rings. The average Bonchev–Trinajstić information content (AvgIpc) is 2.64. The molecule has 0 heterocycles. The van der Waals surface area contributed by atoms with Gasteiger partial charge in [0.25, 0.3) is 0 Å². The highest BCUT2D eigenvalue weighted by Crippen LogP contribution is 2.36. The van der Waals surface area contributed by atoms with Crippen LogP contribution in [0.25, 0.3) is 0 Å². The Bertz CT molecular complexity index is 488. The number of ether oxygens (including phenoxy) is 1. The summed E-state index contributed by atoms with van der Waals surface area (Å²) in [6, 6.07) is 9.58. The third-order valence-electron chi connectivity index (χ3n) is 5.47. The van der Waals surface area contributed by atoms with Gasteiger partial charge >= 0.3 is 0 Å². The van der Waals surface area contributed by atoms with Crippen LogP contribution in [-0.4, -0.2) is 6.61 Å². The van der Waals surface area contributed by atoms with E-state index in [0.29, 0.717) is 5.56 Å². The molecular formula is C22H33NO. The van der Waals surface area contributed by atoms with Crippen LogP contribution in [0.2, 0.25) is 0 Å². The molecule has 1 fully saturated rings. The molecule has 0 aliphatic heterocycles. The predicted octanol–water partition coefficient (Wildman–Crippen LogP) is 6.49. The molecule has 1 saturated carbocycles. The first-order valence-corrected chi connectivity index (χ1v) is 9.96. The van der Waals surface area contributed by atoms with Crippen LogP contribution in [0, 0.1) is 23.2 Å². The lowest BCUT2D eigenvalue weighted by Crippen LogP contribution is -2.20. The predicted molar refractivity (Wildman–Crippen MR) is 100 cm³/mol. The van der Waals surface area contributed by atoms with E-state index in [0.717, 1.165) is 30.6 Å². The van der Waals surface area contributed by atoms with Crippen molar-refractivity contribution in [2.45, 2.75) is 77.6 Å². The van der Waals surface area contributed by atoms with E-state index in [9.17, 15) is 0 Å². The highest BCUT2D eigenvalue weighted by atomic mass is 16.5. The van der Waals surface area contributed by atoms with Gasteiger partial charge in [0.1, 0.15) is 5.75 Å². The zero-order chi connectivity index (χ0) is 17.0. The van der Waals surface area contributed by atoms with E-state index in [-0.39, 0.29) is 0 Å². The molecule has 0 N–H and O–H groups in total. The smallest absolute Gasteiger partial charge is 0.119 e. The average molecular weight is 328 g/mol. The van der Waals surface area contributed by atoms with E-state index >= 15 is 0 Å². The summed E-state index contributed by atoms with van der Waals surface area (Å²) in [5, 5.41) is 8.81. The van der Waals surface area contributed by atoms with Crippen LogP contribution in [0.4, 0.5) is 0 Å². The molecule has 2 heteroatoms. The number of nitrogens with zero attached hydrogens (tertiary/aromatic N) is 1. The first-order valence-electron chi connectivity index (χ1n) is 9.96. The molecule has 0 saturated heterocycles.